The van der Waals surface area contributed by atoms with E-state index in [9.17, 15) is 0 Å². The van der Waals surface area contributed by atoms with Crippen LogP contribution in [0, 0.1) is 0 Å². The van der Waals surface area contributed by atoms with Crippen LogP contribution in [0.4, 0.5) is 0 Å². The number of rotatable bonds is 7. The van der Waals surface area contributed by atoms with Crippen molar-refractivity contribution in [3.63, 3.8) is 0 Å². The Hall–Kier alpha value is -0.890. The molecule has 1 aromatic rings. The third-order valence-corrected chi connectivity index (χ3v) is 3.08. The minimum Gasteiger partial charge on any atom is -0.326 e. The molecule has 1 unspecified atom stereocenters. The van der Waals surface area contributed by atoms with Gasteiger partial charge in [0.1, 0.15) is 0 Å². The number of hydrogen-bond acceptors (Lipinski definition) is 2. The number of unbranched alkanes of at least 4 members (excludes halogenated alkanes) is 3. The monoisotopic (exact) mass is 220 g/mol. The molecule has 1 rings (SSSR count). The second-order valence-electron chi connectivity index (χ2n) is 4.55. The molecule has 2 heteroatoms. The Balaban J connectivity index is 2.37. The van der Waals surface area contributed by atoms with E-state index in [1.54, 1.807) is 0 Å². The number of nitrogens with two attached hydrogens (primary N) is 1. The summed E-state index contributed by atoms with van der Waals surface area (Å²) in [5.74, 6) is 0.573. The van der Waals surface area contributed by atoms with Crippen molar-refractivity contribution in [3.05, 3.63) is 29.6 Å². The predicted molar refractivity (Wildman–Crippen MR) is 69.3 cm³/mol. The van der Waals surface area contributed by atoms with Crippen LogP contribution in [0.5, 0.6) is 0 Å². The molecule has 0 spiro atoms. The molecule has 0 bridgehead atoms. The Labute approximate surface area is 99.3 Å². The van der Waals surface area contributed by atoms with Crippen molar-refractivity contribution in [1.29, 1.82) is 0 Å². The highest BCUT2D eigenvalue weighted by molar-refractivity contribution is 5.16. The van der Waals surface area contributed by atoms with E-state index < -0.39 is 0 Å². The molecule has 0 aliphatic carbocycles. The van der Waals surface area contributed by atoms with Gasteiger partial charge in [-0.2, -0.15) is 0 Å². The molecule has 1 atom stereocenters. The van der Waals surface area contributed by atoms with Crippen LogP contribution in [-0.4, -0.2) is 4.98 Å². The SMILES string of the molecule is CCCCCCC(C)c1ccc(CN)cn1. The highest BCUT2D eigenvalue weighted by Crippen LogP contribution is 2.20. The van der Waals surface area contributed by atoms with Crippen molar-refractivity contribution in [2.45, 2.75) is 58.4 Å². The van der Waals surface area contributed by atoms with Crippen molar-refractivity contribution < 1.29 is 0 Å². The van der Waals surface area contributed by atoms with Crippen molar-refractivity contribution >= 4 is 0 Å². The maximum Gasteiger partial charge on any atom is 0.0431 e. The van der Waals surface area contributed by atoms with Gasteiger partial charge in [-0.3, -0.25) is 4.98 Å². The Kier molecular flexibility index (Phi) is 6.09. The molecule has 0 radical (unpaired) electrons. The van der Waals surface area contributed by atoms with Gasteiger partial charge in [-0.1, -0.05) is 45.6 Å². The van der Waals surface area contributed by atoms with Gasteiger partial charge in [0, 0.05) is 18.4 Å². The predicted octanol–water partition coefficient (Wildman–Crippen LogP) is 3.61. The molecule has 16 heavy (non-hydrogen) atoms. The normalized spacial score (nSPS) is 12.7. The maximum absolute atomic E-state index is 5.55. The Bertz CT molecular complexity index is 279. The van der Waals surface area contributed by atoms with Crippen LogP contribution in [0.25, 0.3) is 0 Å². The third kappa shape index (κ3) is 4.31. The van der Waals surface area contributed by atoms with Crippen LogP contribution < -0.4 is 5.73 Å². The van der Waals surface area contributed by atoms with Crippen LogP contribution in [0.15, 0.2) is 18.3 Å². The van der Waals surface area contributed by atoms with E-state index in [2.05, 4.69) is 31.0 Å². The second kappa shape index (κ2) is 7.39. The van der Waals surface area contributed by atoms with Gasteiger partial charge in [0.2, 0.25) is 0 Å². The lowest BCUT2D eigenvalue weighted by Crippen LogP contribution is -2.01. The van der Waals surface area contributed by atoms with Crippen LogP contribution >= 0.6 is 0 Å². The molecule has 2 N–H and O–H groups in total. The van der Waals surface area contributed by atoms with Gasteiger partial charge in [0.15, 0.2) is 0 Å². The Morgan fingerprint density at radius 2 is 2.06 bits per heavy atom. The fraction of sp³-hybridized carbons (Fsp3) is 0.643. The lowest BCUT2D eigenvalue weighted by Gasteiger charge is -2.10. The van der Waals surface area contributed by atoms with Gasteiger partial charge in [0.25, 0.3) is 0 Å². The van der Waals surface area contributed by atoms with Gasteiger partial charge >= 0.3 is 0 Å². The van der Waals surface area contributed by atoms with Crippen LogP contribution in [0.2, 0.25) is 0 Å². The first-order valence-corrected chi connectivity index (χ1v) is 6.42. The lowest BCUT2D eigenvalue weighted by atomic mass is 9.98. The zero-order chi connectivity index (χ0) is 11.8. The Morgan fingerprint density at radius 1 is 1.25 bits per heavy atom. The van der Waals surface area contributed by atoms with Crippen molar-refractivity contribution in [3.8, 4) is 0 Å². The van der Waals surface area contributed by atoms with Gasteiger partial charge in [-0.25, -0.2) is 0 Å². The highest BCUT2D eigenvalue weighted by atomic mass is 14.7. The molecule has 0 aliphatic heterocycles. The first-order chi connectivity index (χ1) is 7.77. The summed E-state index contributed by atoms with van der Waals surface area (Å²) in [5, 5.41) is 0. The number of pyridine rings is 1. The van der Waals surface area contributed by atoms with Gasteiger partial charge in [-0.15, -0.1) is 0 Å². The minimum atomic E-state index is 0.573. The summed E-state index contributed by atoms with van der Waals surface area (Å²) in [6, 6.07) is 4.21. The molecular formula is C14H24N2. The molecule has 90 valence electrons. The van der Waals surface area contributed by atoms with Crippen molar-refractivity contribution in [1.82, 2.24) is 4.98 Å². The molecule has 1 aromatic heterocycles. The Morgan fingerprint density at radius 3 is 2.62 bits per heavy atom. The summed E-state index contributed by atoms with van der Waals surface area (Å²) in [7, 11) is 0. The summed E-state index contributed by atoms with van der Waals surface area (Å²) >= 11 is 0. The quantitative estimate of drug-likeness (QED) is 0.713. The second-order valence-corrected chi connectivity index (χ2v) is 4.55. The molecule has 0 aromatic carbocycles. The molecule has 2 nitrogen and oxygen atoms in total. The molecule has 0 saturated heterocycles. The fourth-order valence-electron chi connectivity index (χ4n) is 1.87. The van der Waals surface area contributed by atoms with E-state index in [4.69, 9.17) is 5.73 Å². The maximum atomic E-state index is 5.55. The largest absolute Gasteiger partial charge is 0.326 e. The third-order valence-electron chi connectivity index (χ3n) is 3.08. The number of nitrogens with zero attached hydrogens (tertiary/aromatic N) is 1. The van der Waals surface area contributed by atoms with Crippen molar-refractivity contribution in [2.24, 2.45) is 5.73 Å². The standard InChI is InChI=1S/C14H24N2/c1-3-4-5-6-7-12(2)14-9-8-13(10-15)11-16-14/h8-9,11-12H,3-7,10,15H2,1-2H3. The minimum absolute atomic E-state index is 0.573. The van der Waals surface area contributed by atoms with Crippen molar-refractivity contribution in [2.75, 3.05) is 0 Å². The van der Waals surface area contributed by atoms with Gasteiger partial charge in [-0.05, 0) is 24.0 Å². The molecule has 0 amide bonds. The van der Waals surface area contributed by atoms with E-state index in [0.29, 0.717) is 12.5 Å². The van der Waals surface area contributed by atoms with Gasteiger partial charge < -0.3 is 5.73 Å². The molecular weight excluding hydrogens is 196 g/mol. The average Bonchev–Trinajstić information content (AvgIpc) is 2.34. The van der Waals surface area contributed by atoms with Gasteiger partial charge in [0.05, 0.1) is 0 Å². The summed E-state index contributed by atoms with van der Waals surface area (Å²) in [6.45, 7) is 5.09. The average molecular weight is 220 g/mol. The molecule has 0 saturated carbocycles. The summed E-state index contributed by atoms with van der Waals surface area (Å²) in [4.78, 5) is 4.47. The molecule has 0 aliphatic rings. The summed E-state index contributed by atoms with van der Waals surface area (Å²) in [5.41, 5.74) is 7.86. The fourth-order valence-corrected chi connectivity index (χ4v) is 1.87. The van der Waals surface area contributed by atoms with E-state index in [-0.39, 0.29) is 0 Å². The first-order valence-electron chi connectivity index (χ1n) is 6.42. The lowest BCUT2D eigenvalue weighted by molar-refractivity contribution is 0.571. The summed E-state index contributed by atoms with van der Waals surface area (Å²) < 4.78 is 0. The molecule has 1 heterocycles. The topological polar surface area (TPSA) is 38.9 Å². The number of aromatic nitrogens is 1. The zero-order valence-corrected chi connectivity index (χ0v) is 10.6. The van der Waals surface area contributed by atoms with E-state index >= 15 is 0 Å². The smallest absolute Gasteiger partial charge is 0.0431 e. The van der Waals surface area contributed by atoms with E-state index in [0.717, 1.165) is 5.56 Å². The summed E-state index contributed by atoms with van der Waals surface area (Å²) in [6.07, 6.45) is 8.47. The van der Waals surface area contributed by atoms with Crippen LogP contribution in [0.3, 0.4) is 0 Å². The molecule has 0 fully saturated rings. The van der Waals surface area contributed by atoms with E-state index in [1.165, 1.54) is 37.8 Å². The first kappa shape index (κ1) is 13.2. The zero-order valence-electron chi connectivity index (χ0n) is 10.6. The van der Waals surface area contributed by atoms with Crippen LogP contribution in [-0.2, 0) is 6.54 Å². The van der Waals surface area contributed by atoms with E-state index in [1.807, 2.05) is 6.20 Å². The number of hydrogen-bond donors (Lipinski definition) is 1. The highest BCUT2D eigenvalue weighted by Gasteiger charge is 2.06. The van der Waals surface area contributed by atoms with Crippen LogP contribution in [0.1, 0.15) is 63.1 Å².